The fourth-order valence-electron chi connectivity index (χ4n) is 1.04. The summed E-state index contributed by atoms with van der Waals surface area (Å²) in [6.07, 6.45) is 4.62. The Labute approximate surface area is 73.8 Å². The third kappa shape index (κ3) is 2.39. The second-order valence-electron chi connectivity index (χ2n) is 2.82. The molecule has 0 aliphatic heterocycles. The molecular formula is C11H13N. The van der Waals surface area contributed by atoms with E-state index >= 15 is 0 Å². The maximum Gasteiger partial charge on any atom is 0.0302 e. The van der Waals surface area contributed by atoms with Crippen molar-refractivity contribution in [3.05, 3.63) is 30.1 Å². The summed E-state index contributed by atoms with van der Waals surface area (Å²) in [6, 6.07) is 4.06. The van der Waals surface area contributed by atoms with Crippen LogP contribution in [0.1, 0.15) is 31.7 Å². The highest BCUT2D eigenvalue weighted by Gasteiger charge is 2.01. The third-order valence-corrected chi connectivity index (χ3v) is 1.84. The Morgan fingerprint density at radius 1 is 1.58 bits per heavy atom. The zero-order valence-electron chi connectivity index (χ0n) is 7.54. The zero-order valence-corrected chi connectivity index (χ0v) is 7.54. The van der Waals surface area contributed by atoms with E-state index in [9.17, 15) is 0 Å². The van der Waals surface area contributed by atoms with Gasteiger partial charge in [0.15, 0.2) is 0 Å². The lowest BCUT2D eigenvalue weighted by Crippen LogP contribution is -1.91. The van der Waals surface area contributed by atoms with Crippen LogP contribution >= 0.6 is 0 Å². The summed E-state index contributed by atoms with van der Waals surface area (Å²) in [5, 5.41) is 0. The van der Waals surface area contributed by atoms with E-state index in [2.05, 4.69) is 29.8 Å². The molecule has 1 aromatic heterocycles. The van der Waals surface area contributed by atoms with E-state index < -0.39 is 0 Å². The van der Waals surface area contributed by atoms with Crippen molar-refractivity contribution in [2.45, 2.75) is 26.2 Å². The van der Waals surface area contributed by atoms with Gasteiger partial charge in [-0.3, -0.25) is 4.98 Å². The van der Waals surface area contributed by atoms with Gasteiger partial charge in [0.2, 0.25) is 0 Å². The average Bonchev–Trinajstić information content (AvgIpc) is 2.15. The lowest BCUT2D eigenvalue weighted by Gasteiger charge is -2.05. The number of rotatable bonds is 2. The minimum absolute atomic E-state index is 0.492. The summed E-state index contributed by atoms with van der Waals surface area (Å²) in [5.74, 6) is 6.46. The fourth-order valence-corrected chi connectivity index (χ4v) is 1.04. The summed E-state index contributed by atoms with van der Waals surface area (Å²) in [7, 11) is 0. The van der Waals surface area contributed by atoms with Gasteiger partial charge in [-0.25, -0.2) is 0 Å². The molecule has 12 heavy (non-hydrogen) atoms. The van der Waals surface area contributed by atoms with Gasteiger partial charge in [-0.05, 0) is 24.5 Å². The second-order valence-corrected chi connectivity index (χ2v) is 2.82. The number of aromatic nitrogens is 1. The van der Waals surface area contributed by atoms with Gasteiger partial charge < -0.3 is 0 Å². The molecule has 0 aromatic carbocycles. The van der Waals surface area contributed by atoms with Crippen molar-refractivity contribution in [1.29, 1.82) is 0 Å². The minimum Gasteiger partial charge on any atom is -0.264 e. The largest absolute Gasteiger partial charge is 0.264 e. The molecule has 1 unspecified atom stereocenters. The molecular weight excluding hydrogens is 146 g/mol. The van der Waals surface area contributed by atoms with E-state index in [0.717, 1.165) is 6.42 Å². The topological polar surface area (TPSA) is 12.9 Å². The van der Waals surface area contributed by atoms with Crippen LogP contribution in [0.3, 0.4) is 0 Å². The molecule has 0 N–H and O–H groups in total. The van der Waals surface area contributed by atoms with Crippen LogP contribution in [0.4, 0.5) is 0 Å². The SMILES string of the molecule is CC#CCC(C)c1cccnc1. The van der Waals surface area contributed by atoms with Crippen LogP contribution in [-0.4, -0.2) is 4.98 Å². The normalized spacial score (nSPS) is 11.5. The highest BCUT2D eigenvalue weighted by molar-refractivity contribution is 5.16. The average molecular weight is 159 g/mol. The van der Waals surface area contributed by atoms with Gasteiger partial charge in [0, 0.05) is 18.8 Å². The third-order valence-electron chi connectivity index (χ3n) is 1.84. The molecule has 0 radical (unpaired) electrons. The maximum atomic E-state index is 4.07. The molecule has 62 valence electrons. The van der Waals surface area contributed by atoms with E-state index in [0.29, 0.717) is 5.92 Å². The fraction of sp³-hybridized carbons (Fsp3) is 0.364. The Bertz CT molecular complexity index is 279. The second kappa shape index (κ2) is 4.56. The molecule has 0 aliphatic carbocycles. The van der Waals surface area contributed by atoms with Crippen LogP contribution in [0.15, 0.2) is 24.5 Å². The number of hydrogen-bond donors (Lipinski definition) is 0. The molecule has 1 aromatic rings. The Morgan fingerprint density at radius 3 is 3.00 bits per heavy atom. The lowest BCUT2D eigenvalue weighted by atomic mass is 10.0. The Balaban J connectivity index is 2.63. The molecule has 1 nitrogen and oxygen atoms in total. The first-order chi connectivity index (χ1) is 5.84. The van der Waals surface area contributed by atoms with Gasteiger partial charge >= 0.3 is 0 Å². The lowest BCUT2D eigenvalue weighted by molar-refractivity contribution is 0.790. The summed E-state index contributed by atoms with van der Waals surface area (Å²) in [4.78, 5) is 4.07. The van der Waals surface area contributed by atoms with Gasteiger partial charge in [0.05, 0.1) is 0 Å². The predicted molar refractivity (Wildman–Crippen MR) is 50.7 cm³/mol. The maximum absolute atomic E-state index is 4.07. The molecule has 1 rings (SSSR count). The molecule has 1 heteroatoms. The number of nitrogens with zero attached hydrogens (tertiary/aromatic N) is 1. The van der Waals surface area contributed by atoms with Gasteiger partial charge in [-0.1, -0.05) is 13.0 Å². The van der Waals surface area contributed by atoms with Crippen molar-refractivity contribution >= 4 is 0 Å². The van der Waals surface area contributed by atoms with Crippen LogP contribution in [0.2, 0.25) is 0 Å². The van der Waals surface area contributed by atoms with Gasteiger partial charge in [-0.2, -0.15) is 0 Å². The molecule has 0 amide bonds. The van der Waals surface area contributed by atoms with Crippen molar-refractivity contribution in [3.8, 4) is 11.8 Å². The van der Waals surface area contributed by atoms with Crippen molar-refractivity contribution in [2.24, 2.45) is 0 Å². The van der Waals surface area contributed by atoms with E-state index in [1.165, 1.54) is 5.56 Å². The first-order valence-corrected chi connectivity index (χ1v) is 4.14. The summed E-state index contributed by atoms with van der Waals surface area (Å²) in [6.45, 7) is 4.04. The van der Waals surface area contributed by atoms with Gasteiger partial charge in [0.25, 0.3) is 0 Å². The van der Waals surface area contributed by atoms with Gasteiger partial charge in [0.1, 0.15) is 0 Å². The van der Waals surface area contributed by atoms with Gasteiger partial charge in [-0.15, -0.1) is 11.8 Å². The summed E-state index contributed by atoms with van der Waals surface area (Å²) < 4.78 is 0. The first kappa shape index (κ1) is 8.80. The van der Waals surface area contributed by atoms with Crippen LogP contribution < -0.4 is 0 Å². The van der Waals surface area contributed by atoms with Crippen LogP contribution in [0, 0.1) is 11.8 Å². The molecule has 0 spiro atoms. The van der Waals surface area contributed by atoms with E-state index in [1.54, 1.807) is 6.20 Å². The quantitative estimate of drug-likeness (QED) is 0.604. The molecule has 0 saturated carbocycles. The minimum atomic E-state index is 0.492. The summed E-state index contributed by atoms with van der Waals surface area (Å²) >= 11 is 0. The highest BCUT2D eigenvalue weighted by Crippen LogP contribution is 2.16. The Morgan fingerprint density at radius 2 is 2.42 bits per heavy atom. The highest BCUT2D eigenvalue weighted by atomic mass is 14.6. The Hall–Kier alpha value is -1.29. The Kier molecular flexibility index (Phi) is 3.35. The molecule has 0 aliphatic rings. The standard InChI is InChI=1S/C11H13N/c1-3-4-6-10(2)11-7-5-8-12-9-11/h5,7-10H,6H2,1-2H3. The molecule has 0 saturated heterocycles. The van der Waals surface area contributed by atoms with Crippen molar-refractivity contribution in [1.82, 2.24) is 4.98 Å². The van der Waals surface area contributed by atoms with Crippen molar-refractivity contribution in [3.63, 3.8) is 0 Å². The molecule has 0 fully saturated rings. The predicted octanol–water partition coefficient (Wildman–Crippen LogP) is 2.60. The monoisotopic (exact) mass is 159 g/mol. The molecule has 1 heterocycles. The zero-order chi connectivity index (χ0) is 8.81. The van der Waals surface area contributed by atoms with Crippen LogP contribution in [-0.2, 0) is 0 Å². The molecule has 0 bridgehead atoms. The van der Waals surface area contributed by atoms with Crippen LogP contribution in [0.5, 0.6) is 0 Å². The van der Waals surface area contributed by atoms with Crippen molar-refractivity contribution in [2.75, 3.05) is 0 Å². The first-order valence-electron chi connectivity index (χ1n) is 4.14. The summed E-state index contributed by atoms with van der Waals surface area (Å²) in [5.41, 5.74) is 1.26. The number of pyridine rings is 1. The van der Waals surface area contributed by atoms with E-state index in [1.807, 2.05) is 19.2 Å². The smallest absolute Gasteiger partial charge is 0.0302 e. The van der Waals surface area contributed by atoms with E-state index in [4.69, 9.17) is 0 Å². The molecule has 1 atom stereocenters. The van der Waals surface area contributed by atoms with Crippen molar-refractivity contribution < 1.29 is 0 Å². The van der Waals surface area contributed by atoms with E-state index in [-0.39, 0.29) is 0 Å². The number of hydrogen-bond acceptors (Lipinski definition) is 1. The van der Waals surface area contributed by atoms with Crippen LogP contribution in [0.25, 0.3) is 0 Å².